The fraction of sp³-hybridized carbons (Fsp3) is 0.520. The first-order valence-electron chi connectivity index (χ1n) is 11.8. The van der Waals surface area contributed by atoms with Gasteiger partial charge in [0, 0.05) is 17.8 Å². The quantitative estimate of drug-likeness (QED) is 0.551. The number of amides is 1. The Bertz CT molecular complexity index is 1200. The summed E-state index contributed by atoms with van der Waals surface area (Å²) >= 11 is 3.41. The zero-order valence-electron chi connectivity index (χ0n) is 19.1. The van der Waals surface area contributed by atoms with Crippen LogP contribution in [0.3, 0.4) is 0 Å². The third-order valence-corrected chi connectivity index (χ3v) is 8.69. The zero-order chi connectivity index (χ0) is 22.8. The third kappa shape index (κ3) is 3.36. The van der Waals surface area contributed by atoms with Gasteiger partial charge in [0.15, 0.2) is 0 Å². The van der Waals surface area contributed by atoms with Gasteiger partial charge in [-0.05, 0) is 92.3 Å². The Labute approximate surface area is 202 Å². The van der Waals surface area contributed by atoms with E-state index >= 15 is 0 Å². The summed E-state index contributed by atoms with van der Waals surface area (Å²) in [6.45, 7) is 4.62. The number of carbonyl (C=O) groups is 1. The van der Waals surface area contributed by atoms with Gasteiger partial charge in [0.25, 0.3) is 0 Å². The van der Waals surface area contributed by atoms with Gasteiger partial charge in [-0.1, -0.05) is 18.2 Å². The standard InChI is InChI=1S/C25H29BrN6O/c1-16-21(17(2)32(29-16)20-6-4-3-5-7-20)13-27-22(33)24-9-18-8-19(10-24)12-25(11-18,14-24)31-15-28-23(26)30-31/h3-7,15,18-19H,8-14H2,1-2H3,(H,27,33). The molecule has 2 unspecified atom stereocenters. The van der Waals surface area contributed by atoms with Gasteiger partial charge in [-0.3, -0.25) is 4.79 Å². The van der Waals surface area contributed by atoms with E-state index in [2.05, 4.69) is 55.1 Å². The first kappa shape index (κ1) is 21.1. The van der Waals surface area contributed by atoms with E-state index in [0.717, 1.165) is 54.7 Å². The average Bonchev–Trinajstić information content (AvgIpc) is 3.35. The van der Waals surface area contributed by atoms with E-state index < -0.39 is 0 Å². The summed E-state index contributed by atoms with van der Waals surface area (Å²) in [5.41, 5.74) is 3.80. The molecule has 8 heteroatoms. The van der Waals surface area contributed by atoms with Gasteiger partial charge in [-0.15, -0.1) is 5.10 Å². The molecule has 4 aliphatic rings. The lowest BCUT2D eigenvalue weighted by Crippen LogP contribution is -2.61. The van der Waals surface area contributed by atoms with Crippen molar-refractivity contribution in [3.05, 3.63) is 58.3 Å². The van der Waals surface area contributed by atoms with Gasteiger partial charge in [0.05, 0.1) is 22.3 Å². The highest BCUT2D eigenvalue weighted by atomic mass is 79.9. The second kappa shape index (κ2) is 7.52. The summed E-state index contributed by atoms with van der Waals surface area (Å²) in [6.07, 6.45) is 8.15. The molecule has 0 spiro atoms. The molecule has 1 amide bonds. The van der Waals surface area contributed by atoms with Crippen LogP contribution < -0.4 is 5.32 Å². The molecule has 0 aliphatic heterocycles. The van der Waals surface area contributed by atoms with Gasteiger partial charge in [0.1, 0.15) is 6.33 Å². The number of hydrogen-bond donors (Lipinski definition) is 1. The van der Waals surface area contributed by atoms with Crippen molar-refractivity contribution in [2.45, 2.75) is 64.5 Å². The van der Waals surface area contributed by atoms with E-state index in [0.29, 0.717) is 23.1 Å². The van der Waals surface area contributed by atoms with Crippen LogP contribution in [0.5, 0.6) is 0 Å². The molecule has 4 aliphatic carbocycles. The van der Waals surface area contributed by atoms with E-state index in [1.165, 1.54) is 6.42 Å². The smallest absolute Gasteiger partial charge is 0.226 e. The minimum Gasteiger partial charge on any atom is -0.351 e. The summed E-state index contributed by atoms with van der Waals surface area (Å²) < 4.78 is 4.64. The first-order valence-corrected chi connectivity index (χ1v) is 12.6. The maximum Gasteiger partial charge on any atom is 0.226 e. The summed E-state index contributed by atoms with van der Waals surface area (Å²) in [7, 11) is 0. The minimum atomic E-state index is -0.306. The Morgan fingerprint density at radius 1 is 1.12 bits per heavy atom. The van der Waals surface area contributed by atoms with Gasteiger partial charge >= 0.3 is 0 Å². The number of hydrogen-bond acceptors (Lipinski definition) is 4. The molecule has 4 saturated carbocycles. The largest absolute Gasteiger partial charge is 0.351 e. The van der Waals surface area contributed by atoms with Crippen LogP contribution in [-0.4, -0.2) is 30.5 Å². The number of rotatable bonds is 5. The summed E-state index contributed by atoms with van der Waals surface area (Å²) in [5, 5.41) is 12.7. The normalized spacial score (nSPS) is 30.0. The lowest BCUT2D eigenvalue weighted by Gasteiger charge is -2.60. The van der Waals surface area contributed by atoms with Crippen LogP contribution in [0, 0.1) is 31.1 Å². The lowest BCUT2D eigenvalue weighted by molar-refractivity contribution is -0.156. The molecule has 2 heterocycles. The summed E-state index contributed by atoms with van der Waals surface area (Å²) in [6, 6.07) is 10.2. The number of halogens is 1. The van der Waals surface area contributed by atoms with Crippen LogP contribution in [0.1, 0.15) is 55.5 Å². The van der Waals surface area contributed by atoms with Crippen molar-refractivity contribution in [2.24, 2.45) is 17.3 Å². The predicted octanol–water partition coefficient (Wildman–Crippen LogP) is 4.46. The van der Waals surface area contributed by atoms with E-state index in [1.807, 2.05) is 36.1 Å². The predicted molar refractivity (Wildman–Crippen MR) is 128 cm³/mol. The number of aryl methyl sites for hydroxylation is 1. The van der Waals surface area contributed by atoms with Crippen LogP contribution in [0.2, 0.25) is 0 Å². The Hall–Kier alpha value is -2.48. The highest BCUT2D eigenvalue weighted by Gasteiger charge is 2.61. The van der Waals surface area contributed by atoms with Gasteiger partial charge in [-0.25, -0.2) is 14.3 Å². The highest BCUT2D eigenvalue weighted by Crippen LogP contribution is 2.64. The SMILES string of the molecule is Cc1nn(-c2ccccc2)c(C)c1CNC(=O)C12CC3CC(C1)CC(n1cnc(Br)n1)(C3)C2. The van der Waals surface area contributed by atoms with Crippen molar-refractivity contribution < 1.29 is 4.79 Å². The monoisotopic (exact) mass is 508 g/mol. The fourth-order valence-corrected chi connectivity index (χ4v) is 7.59. The Morgan fingerprint density at radius 2 is 1.85 bits per heavy atom. The van der Waals surface area contributed by atoms with Crippen molar-refractivity contribution in [3.63, 3.8) is 0 Å². The van der Waals surface area contributed by atoms with Crippen molar-refractivity contribution in [1.82, 2.24) is 29.9 Å². The van der Waals surface area contributed by atoms with E-state index in [9.17, 15) is 4.79 Å². The molecule has 4 fully saturated rings. The number of benzene rings is 1. The molecule has 172 valence electrons. The van der Waals surface area contributed by atoms with E-state index in [1.54, 1.807) is 0 Å². The molecule has 4 bridgehead atoms. The topological polar surface area (TPSA) is 77.6 Å². The van der Waals surface area contributed by atoms with Crippen molar-refractivity contribution in [3.8, 4) is 5.69 Å². The summed E-state index contributed by atoms with van der Waals surface area (Å²) in [4.78, 5) is 18.1. The second-order valence-corrected chi connectivity index (χ2v) is 11.2. The number of aromatic nitrogens is 5. The van der Waals surface area contributed by atoms with Crippen LogP contribution in [0.4, 0.5) is 0 Å². The van der Waals surface area contributed by atoms with Crippen molar-refractivity contribution in [1.29, 1.82) is 0 Å². The molecule has 0 saturated heterocycles. The minimum absolute atomic E-state index is 0.0789. The number of nitrogens with zero attached hydrogens (tertiary/aromatic N) is 5. The Balaban J connectivity index is 1.24. The third-order valence-electron chi connectivity index (χ3n) is 8.33. The maximum atomic E-state index is 13.8. The van der Waals surface area contributed by atoms with Gasteiger partial charge in [-0.2, -0.15) is 5.10 Å². The number of para-hydroxylation sites is 1. The molecule has 1 aromatic carbocycles. The summed E-state index contributed by atoms with van der Waals surface area (Å²) in [5.74, 6) is 1.37. The zero-order valence-corrected chi connectivity index (χ0v) is 20.7. The van der Waals surface area contributed by atoms with E-state index in [4.69, 9.17) is 5.10 Å². The molecular weight excluding hydrogens is 480 g/mol. The second-order valence-electron chi connectivity index (χ2n) is 10.5. The molecule has 7 rings (SSSR count). The Kier molecular flexibility index (Phi) is 4.80. The van der Waals surface area contributed by atoms with Crippen LogP contribution in [-0.2, 0) is 16.9 Å². The molecule has 2 atom stereocenters. The molecule has 0 radical (unpaired) electrons. The molecule has 3 aromatic rings. The fourth-order valence-electron chi connectivity index (χ4n) is 7.33. The van der Waals surface area contributed by atoms with Crippen LogP contribution >= 0.6 is 15.9 Å². The molecule has 7 nitrogen and oxygen atoms in total. The van der Waals surface area contributed by atoms with Crippen LogP contribution in [0.15, 0.2) is 41.4 Å². The van der Waals surface area contributed by atoms with Crippen molar-refractivity contribution in [2.75, 3.05) is 0 Å². The number of carbonyl (C=O) groups excluding carboxylic acids is 1. The highest BCUT2D eigenvalue weighted by molar-refractivity contribution is 9.10. The number of nitrogens with one attached hydrogen (secondary N) is 1. The molecular formula is C25H29BrN6O. The molecule has 33 heavy (non-hydrogen) atoms. The molecule has 2 aromatic heterocycles. The Morgan fingerprint density at radius 3 is 2.52 bits per heavy atom. The van der Waals surface area contributed by atoms with Crippen molar-refractivity contribution >= 4 is 21.8 Å². The van der Waals surface area contributed by atoms with E-state index in [-0.39, 0.29) is 16.9 Å². The molecule has 1 N–H and O–H groups in total. The lowest BCUT2D eigenvalue weighted by atomic mass is 9.46. The van der Waals surface area contributed by atoms with Gasteiger partial charge < -0.3 is 5.32 Å². The van der Waals surface area contributed by atoms with Gasteiger partial charge in [0.2, 0.25) is 10.6 Å². The maximum absolute atomic E-state index is 13.8. The average molecular weight is 509 g/mol. The van der Waals surface area contributed by atoms with Crippen LogP contribution in [0.25, 0.3) is 5.69 Å². The first-order chi connectivity index (χ1) is 15.9.